The molecule has 0 radical (unpaired) electrons. The molecule has 2 N–H and O–H groups in total. The topological polar surface area (TPSA) is 67.4 Å². The van der Waals surface area contributed by atoms with Gasteiger partial charge in [0.05, 0.1) is 18.2 Å². The fourth-order valence-electron chi connectivity index (χ4n) is 1.32. The van der Waals surface area contributed by atoms with Crippen LogP contribution in [0.5, 0.6) is 0 Å². The van der Waals surface area contributed by atoms with Crippen molar-refractivity contribution < 1.29 is 14.3 Å². The van der Waals surface area contributed by atoms with Gasteiger partial charge in [-0.15, -0.1) is 0 Å². The second-order valence-electron chi connectivity index (χ2n) is 3.80. The van der Waals surface area contributed by atoms with Gasteiger partial charge in [-0.05, 0) is 39.1 Å². The van der Waals surface area contributed by atoms with Gasteiger partial charge in [0, 0.05) is 5.69 Å². The van der Waals surface area contributed by atoms with Crippen LogP contribution in [0.3, 0.4) is 0 Å². The first-order chi connectivity index (χ1) is 8.58. The van der Waals surface area contributed by atoms with E-state index < -0.39 is 5.97 Å². The molecule has 0 aliphatic rings. The minimum atomic E-state index is -0.393. The van der Waals surface area contributed by atoms with Gasteiger partial charge >= 0.3 is 5.97 Å². The van der Waals surface area contributed by atoms with Crippen LogP contribution < -0.4 is 10.6 Å². The van der Waals surface area contributed by atoms with Crippen LogP contribution in [0, 0.1) is 0 Å². The Kier molecular flexibility index (Phi) is 5.32. The van der Waals surface area contributed by atoms with E-state index in [1.54, 1.807) is 45.2 Å². The maximum absolute atomic E-state index is 11.7. The molecule has 1 unspecified atom stereocenters. The summed E-state index contributed by atoms with van der Waals surface area (Å²) in [5.74, 6) is -0.547. The quantitative estimate of drug-likeness (QED) is 0.775. The van der Waals surface area contributed by atoms with Crippen LogP contribution in [0.2, 0.25) is 0 Å². The zero-order chi connectivity index (χ0) is 13.5. The van der Waals surface area contributed by atoms with Crippen LogP contribution in [0.1, 0.15) is 24.2 Å². The summed E-state index contributed by atoms with van der Waals surface area (Å²) < 4.78 is 4.89. The van der Waals surface area contributed by atoms with E-state index in [1.165, 1.54) is 0 Å². The first-order valence-corrected chi connectivity index (χ1v) is 5.83. The van der Waals surface area contributed by atoms with E-state index >= 15 is 0 Å². The summed E-state index contributed by atoms with van der Waals surface area (Å²) in [5, 5.41) is 5.56. The molecular weight excluding hydrogens is 232 g/mol. The Morgan fingerprint density at radius 1 is 1.39 bits per heavy atom. The van der Waals surface area contributed by atoms with Crippen molar-refractivity contribution >= 4 is 17.6 Å². The van der Waals surface area contributed by atoms with Crippen LogP contribution in [0.25, 0.3) is 0 Å². The maximum Gasteiger partial charge on any atom is 0.338 e. The number of esters is 1. The van der Waals surface area contributed by atoms with Crippen LogP contribution in [0.4, 0.5) is 5.69 Å². The molecule has 0 bridgehead atoms. The first-order valence-electron chi connectivity index (χ1n) is 5.83. The zero-order valence-electron chi connectivity index (χ0n) is 10.8. The summed E-state index contributed by atoms with van der Waals surface area (Å²) in [6, 6.07) is 6.37. The molecule has 1 rings (SSSR count). The normalized spacial score (nSPS) is 11.7. The first kappa shape index (κ1) is 14.2. The van der Waals surface area contributed by atoms with Crippen LogP contribution in [-0.2, 0) is 9.53 Å². The summed E-state index contributed by atoms with van der Waals surface area (Å²) >= 11 is 0. The maximum atomic E-state index is 11.7. The molecule has 0 saturated carbocycles. The van der Waals surface area contributed by atoms with Crippen molar-refractivity contribution in [2.45, 2.75) is 19.9 Å². The number of hydrogen-bond acceptors (Lipinski definition) is 4. The van der Waals surface area contributed by atoms with Crippen molar-refractivity contribution in [1.29, 1.82) is 0 Å². The minimum Gasteiger partial charge on any atom is -0.462 e. The van der Waals surface area contributed by atoms with Crippen molar-refractivity contribution in [2.75, 3.05) is 19.0 Å². The highest BCUT2D eigenvalue weighted by Gasteiger charge is 2.12. The van der Waals surface area contributed by atoms with Crippen molar-refractivity contribution in [3.63, 3.8) is 0 Å². The summed E-state index contributed by atoms with van der Waals surface area (Å²) in [4.78, 5) is 23.2. The molecule has 0 fully saturated rings. The highest BCUT2D eigenvalue weighted by atomic mass is 16.5. The number of carbonyl (C=O) groups is 2. The van der Waals surface area contributed by atoms with E-state index in [0.29, 0.717) is 17.9 Å². The van der Waals surface area contributed by atoms with Gasteiger partial charge in [-0.25, -0.2) is 4.79 Å². The second kappa shape index (κ2) is 6.76. The Balaban J connectivity index is 2.76. The number of anilines is 1. The highest BCUT2D eigenvalue weighted by Crippen LogP contribution is 2.12. The Morgan fingerprint density at radius 2 is 2.11 bits per heavy atom. The highest BCUT2D eigenvalue weighted by molar-refractivity contribution is 5.96. The fraction of sp³-hybridized carbons (Fsp3) is 0.385. The molecule has 98 valence electrons. The van der Waals surface area contributed by atoms with Gasteiger partial charge in [0.1, 0.15) is 0 Å². The van der Waals surface area contributed by atoms with Crippen molar-refractivity contribution in [1.82, 2.24) is 5.32 Å². The molecule has 0 spiro atoms. The Bertz CT molecular complexity index is 432. The molecular formula is C13H18N2O3. The van der Waals surface area contributed by atoms with Gasteiger partial charge in [-0.1, -0.05) is 6.07 Å². The zero-order valence-corrected chi connectivity index (χ0v) is 10.8. The molecule has 5 nitrogen and oxygen atoms in total. The smallest absolute Gasteiger partial charge is 0.338 e. The number of carbonyl (C=O) groups excluding carboxylic acids is 2. The SMILES string of the molecule is CCOC(=O)c1cccc(NC(=O)C(C)NC)c1. The third-order valence-corrected chi connectivity index (χ3v) is 2.47. The predicted molar refractivity (Wildman–Crippen MR) is 69.5 cm³/mol. The van der Waals surface area contributed by atoms with Gasteiger partial charge in [-0.3, -0.25) is 4.79 Å². The van der Waals surface area contributed by atoms with Crippen molar-refractivity contribution in [3.05, 3.63) is 29.8 Å². The Hall–Kier alpha value is -1.88. The number of rotatable bonds is 5. The summed E-state index contributed by atoms with van der Waals surface area (Å²) in [6.45, 7) is 3.83. The number of benzene rings is 1. The average molecular weight is 250 g/mol. The lowest BCUT2D eigenvalue weighted by Crippen LogP contribution is -2.35. The molecule has 0 heterocycles. The third-order valence-electron chi connectivity index (χ3n) is 2.47. The van der Waals surface area contributed by atoms with Crippen molar-refractivity contribution in [2.24, 2.45) is 0 Å². The third kappa shape index (κ3) is 3.85. The lowest BCUT2D eigenvalue weighted by atomic mass is 10.2. The van der Waals surface area contributed by atoms with Gasteiger partial charge in [0.25, 0.3) is 0 Å². The molecule has 0 aliphatic carbocycles. The summed E-state index contributed by atoms with van der Waals surface area (Å²) in [6.07, 6.45) is 0. The molecule has 1 aromatic carbocycles. The van der Waals surface area contributed by atoms with E-state index in [9.17, 15) is 9.59 Å². The lowest BCUT2D eigenvalue weighted by Gasteiger charge is -2.11. The summed E-state index contributed by atoms with van der Waals surface area (Å²) in [5.41, 5.74) is 0.999. The second-order valence-corrected chi connectivity index (χ2v) is 3.80. The van der Waals surface area contributed by atoms with Crippen molar-refractivity contribution in [3.8, 4) is 0 Å². The van der Waals surface area contributed by atoms with Gasteiger partial charge in [0.2, 0.25) is 5.91 Å². The average Bonchev–Trinajstić information content (AvgIpc) is 2.38. The fourth-order valence-corrected chi connectivity index (χ4v) is 1.32. The number of likely N-dealkylation sites (N-methyl/N-ethyl adjacent to an activating group) is 1. The van der Waals surface area contributed by atoms with Gasteiger partial charge in [-0.2, -0.15) is 0 Å². The predicted octanol–water partition coefficient (Wildman–Crippen LogP) is 1.41. The Morgan fingerprint density at radius 3 is 2.72 bits per heavy atom. The van der Waals surface area contributed by atoms with E-state index in [2.05, 4.69) is 10.6 Å². The molecule has 18 heavy (non-hydrogen) atoms. The number of hydrogen-bond donors (Lipinski definition) is 2. The molecule has 5 heteroatoms. The van der Waals surface area contributed by atoms with Crippen LogP contribution >= 0.6 is 0 Å². The molecule has 0 saturated heterocycles. The van der Waals surface area contributed by atoms with E-state index in [4.69, 9.17) is 4.74 Å². The van der Waals surface area contributed by atoms with E-state index in [-0.39, 0.29) is 11.9 Å². The van der Waals surface area contributed by atoms with Crippen LogP contribution in [0.15, 0.2) is 24.3 Å². The molecule has 1 atom stereocenters. The van der Waals surface area contributed by atoms with Gasteiger partial charge in [0.15, 0.2) is 0 Å². The monoisotopic (exact) mass is 250 g/mol. The van der Waals surface area contributed by atoms with E-state index in [1.807, 2.05) is 0 Å². The lowest BCUT2D eigenvalue weighted by molar-refractivity contribution is -0.117. The minimum absolute atomic E-state index is 0.154. The molecule has 1 amide bonds. The van der Waals surface area contributed by atoms with E-state index in [0.717, 1.165) is 0 Å². The summed E-state index contributed by atoms with van der Waals surface area (Å²) in [7, 11) is 1.71. The Labute approximate surface area is 107 Å². The molecule has 1 aromatic rings. The standard InChI is InChI=1S/C13H18N2O3/c1-4-18-13(17)10-6-5-7-11(8-10)15-12(16)9(2)14-3/h5-9,14H,4H2,1-3H3,(H,15,16). The van der Waals surface area contributed by atoms with Gasteiger partial charge < -0.3 is 15.4 Å². The number of nitrogens with one attached hydrogen (secondary N) is 2. The molecule has 0 aromatic heterocycles. The number of amides is 1. The van der Waals surface area contributed by atoms with Crippen LogP contribution in [-0.4, -0.2) is 31.6 Å². The number of ether oxygens (including phenoxy) is 1. The molecule has 0 aliphatic heterocycles. The largest absolute Gasteiger partial charge is 0.462 e.